The second kappa shape index (κ2) is 5.14. The minimum atomic E-state index is 0.0674. The molecule has 2 atom stereocenters. The Bertz CT molecular complexity index is 366. The Hall–Kier alpha value is -1.33. The number of nitrogens with zero attached hydrogens (tertiary/aromatic N) is 2. The molecule has 0 N–H and O–H groups in total. The maximum atomic E-state index is 9.33. The summed E-state index contributed by atoms with van der Waals surface area (Å²) in [5.41, 5.74) is 1.17. The van der Waals surface area contributed by atoms with Crippen LogP contribution >= 0.6 is 0 Å². The van der Waals surface area contributed by atoms with Gasteiger partial charge in [0.1, 0.15) is 0 Å². The van der Waals surface area contributed by atoms with Crippen LogP contribution < -0.4 is 0 Å². The molecule has 16 heavy (non-hydrogen) atoms. The maximum absolute atomic E-state index is 9.33. The van der Waals surface area contributed by atoms with Crippen LogP contribution in [-0.2, 0) is 0 Å². The molecule has 2 heteroatoms. The number of benzene rings is 1. The van der Waals surface area contributed by atoms with Gasteiger partial charge in [-0.2, -0.15) is 5.26 Å². The summed E-state index contributed by atoms with van der Waals surface area (Å²) in [5.74, 6) is 0.574. The van der Waals surface area contributed by atoms with Crippen molar-refractivity contribution >= 4 is 0 Å². The SMILES string of the molecule is CCN1CCC(C(C#N)c2ccccc2)C1. The quantitative estimate of drug-likeness (QED) is 0.773. The zero-order valence-corrected chi connectivity index (χ0v) is 9.76. The molecule has 1 aromatic rings. The summed E-state index contributed by atoms with van der Waals surface area (Å²) in [4.78, 5) is 2.43. The summed E-state index contributed by atoms with van der Waals surface area (Å²) in [5, 5.41) is 9.33. The van der Waals surface area contributed by atoms with Crippen molar-refractivity contribution in [1.29, 1.82) is 5.26 Å². The third kappa shape index (κ3) is 2.25. The van der Waals surface area contributed by atoms with Crippen LogP contribution in [-0.4, -0.2) is 24.5 Å². The predicted octanol–water partition coefficient (Wildman–Crippen LogP) is 2.64. The lowest BCUT2D eigenvalue weighted by Gasteiger charge is -2.18. The van der Waals surface area contributed by atoms with E-state index in [1.807, 2.05) is 18.2 Å². The van der Waals surface area contributed by atoms with Crippen molar-refractivity contribution in [1.82, 2.24) is 4.90 Å². The highest BCUT2D eigenvalue weighted by Gasteiger charge is 2.29. The standard InChI is InChI=1S/C14H18N2/c1-2-16-9-8-13(11-16)14(10-15)12-6-4-3-5-7-12/h3-7,13-14H,2,8-9,11H2,1H3. The third-order valence-electron chi connectivity index (χ3n) is 3.53. The molecule has 0 bridgehead atoms. The molecule has 2 nitrogen and oxygen atoms in total. The van der Waals surface area contributed by atoms with E-state index in [4.69, 9.17) is 0 Å². The molecule has 0 aromatic heterocycles. The average molecular weight is 214 g/mol. The van der Waals surface area contributed by atoms with E-state index < -0.39 is 0 Å². The highest BCUT2D eigenvalue weighted by Crippen LogP contribution is 2.31. The van der Waals surface area contributed by atoms with Crippen molar-refractivity contribution in [3.63, 3.8) is 0 Å². The Labute approximate surface area is 97.5 Å². The zero-order valence-electron chi connectivity index (χ0n) is 9.76. The molecule has 0 spiro atoms. The molecule has 1 aliphatic rings. The molecule has 0 amide bonds. The Morgan fingerprint density at radius 3 is 2.75 bits per heavy atom. The van der Waals surface area contributed by atoms with Crippen molar-refractivity contribution in [2.24, 2.45) is 5.92 Å². The normalized spacial score (nSPS) is 22.9. The van der Waals surface area contributed by atoms with Gasteiger partial charge in [-0.3, -0.25) is 0 Å². The molecular weight excluding hydrogens is 196 g/mol. The van der Waals surface area contributed by atoms with E-state index >= 15 is 0 Å². The number of hydrogen-bond acceptors (Lipinski definition) is 2. The first kappa shape index (κ1) is 11.2. The Morgan fingerprint density at radius 2 is 2.19 bits per heavy atom. The van der Waals surface area contributed by atoms with E-state index in [-0.39, 0.29) is 5.92 Å². The number of rotatable bonds is 3. The summed E-state index contributed by atoms with van der Waals surface area (Å²) in [6.07, 6.45) is 1.15. The maximum Gasteiger partial charge on any atom is 0.0753 e. The van der Waals surface area contributed by atoms with Crippen molar-refractivity contribution in [3.8, 4) is 6.07 Å². The molecule has 1 fully saturated rings. The molecule has 84 valence electrons. The fraction of sp³-hybridized carbons (Fsp3) is 0.500. The highest BCUT2D eigenvalue weighted by atomic mass is 15.1. The van der Waals surface area contributed by atoms with Gasteiger partial charge in [-0.1, -0.05) is 37.3 Å². The monoisotopic (exact) mass is 214 g/mol. The van der Waals surface area contributed by atoms with Crippen molar-refractivity contribution in [2.75, 3.05) is 19.6 Å². The van der Waals surface area contributed by atoms with Crippen molar-refractivity contribution in [3.05, 3.63) is 35.9 Å². The average Bonchev–Trinajstić information content (AvgIpc) is 2.80. The summed E-state index contributed by atoms with van der Waals surface area (Å²) < 4.78 is 0. The van der Waals surface area contributed by atoms with Gasteiger partial charge in [0.25, 0.3) is 0 Å². The first-order chi connectivity index (χ1) is 7.85. The fourth-order valence-electron chi connectivity index (χ4n) is 2.53. The molecule has 1 saturated heterocycles. The topological polar surface area (TPSA) is 27.0 Å². The van der Waals surface area contributed by atoms with Gasteiger partial charge in [-0.15, -0.1) is 0 Å². The molecule has 0 saturated carbocycles. The predicted molar refractivity (Wildman–Crippen MR) is 65.0 cm³/mol. The van der Waals surface area contributed by atoms with Crippen molar-refractivity contribution in [2.45, 2.75) is 19.3 Å². The molecule has 0 radical (unpaired) electrons. The summed E-state index contributed by atoms with van der Waals surface area (Å²) in [6.45, 7) is 5.51. The van der Waals surface area contributed by atoms with E-state index in [2.05, 4.69) is 30.0 Å². The molecule has 1 aromatic carbocycles. The van der Waals surface area contributed by atoms with Crippen LogP contribution in [0.25, 0.3) is 0 Å². The smallest absolute Gasteiger partial charge is 0.0753 e. The van der Waals surface area contributed by atoms with Crippen LogP contribution in [0.1, 0.15) is 24.8 Å². The first-order valence-corrected chi connectivity index (χ1v) is 6.02. The van der Waals surface area contributed by atoms with Crippen LogP contribution in [0.4, 0.5) is 0 Å². The Morgan fingerprint density at radius 1 is 1.44 bits per heavy atom. The molecule has 2 unspecified atom stereocenters. The third-order valence-corrected chi connectivity index (χ3v) is 3.53. The minimum absolute atomic E-state index is 0.0674. The summed E-state index contributed by atoms with van der Waals surface area (Å²) >= 11 is 0. The summed E-state index contributed by atoms with van der Waals surface area (Å²) in [7, 11) is 0. The van der Waals surface area contributed by atoms with Crippen LogP contribution in [0.15, 0.2) is 30.3 Å². The highest BCUT2D eigenvalue weighted by molar-refractivity contribution is 5.26. The minimum Gasteiger partial charge on any atom is -0.303 e. The summed E-state index contributed by atoms with van der Waals surface area (Å²) in [6, 6.07) is 12.7. The van der Waals surface area contributed by atoms with Crippen LogP contribution in [0, 0.1) is 17.2 Å². The number of likely N-dealkylation sites (tertiary alicyclic amines) is 1. The van der Waals surface area contributed by atoms with Crippen LogP contribution in [0.2, 0.25) is 0 Å². The van der Waals surface area contributed by atoms with Gasteiger partial charge in [0.2, 0.25) is 0 Å². The lowest BCUT2D eigenvalue weighted by molar-refractivity contribution is 0.337. The van der Waals surface area contributed by atoms with Gasteiger partial charge in [0, 0.05) is 6.54 Å². The number of nitriles is 1. The lowest BCUT2D eigenvalue weighted by Crippen LogP contribution is -2.21. The Balaban J connectivity index is 2.10. The van der Waals surface area contributed by atoms with Gasteiger partial charge >= 0.3 is 0 Å². The van der Waals surface area contributed by atoms with Crippen LogP contribution in [0.3, 0.4) is 0 Å². The number of hydrogen-bond donors (Lipinski definition) is 0. The zero-order chi connectivity index (χ0) is 11.4. The van der Waals surface area contributed by atoms with Gasteiger partial charge in [-0.25, -0.2) is 0 Å². The lowest BCUT2D eigenvalue weighted by atomic mass is 9.86. The van der Waals surface area contributed by atoms with E-state index in [1.165, 1.54) is 5.56 Å². The van der Waals surface area contributed by atoms with E-state index in [0.29, 0.717) is 5.92 Å². The van der Waals surface area contributed by atoms with Gasteiger partial charge < -0.3 is 4.90 Å². The van der Waals surface area contributed by atoms with Crippen molar-refractivity contribution < 1.29 is 0 Å². The second-order valence-electron chi connectivity index (χ2n) is 4.46. The molecule has 1 heterocycles. The largest absolute Gasteiger partial charge is 0.303 e. The van der Waals surface area contributed by atoms with E-state index in [9.17, 15) is 5.26 Å². The molecule has 0 aliphatic carbocycles. The van der Waals surface area contributed by atoms with Gasteiger partial charge in [-0.05, 0) is 31.0 Å². The molecular formula is C14H18N2. The molecule has 2 rings (SSSR count). The molecule has 1 aliphatic heterocycles. The first-order valence-electron chi connectivity index (χ1n) is 6.02. The second-order valence-corrected chi connectivity index (χ2v) is 4.46. The van der Waals surface area contributed by atoms with Crippen LogP contribution in [0.5, 0.6) is 0 Å². The van der Waals surface area contributed by atoms with E-state index in [1.54, 1.807) is 0 Å². The van der Waals surface area contributed by atoms with Gasteiger partial charge in [0.15, 0.2) is 0 Å². The Kier molecular flexibility index (Phi) is 3.58. The fourth-order valence-corrected chi connectivity index (χ4v) is 2.53. The van der Waals surface area contributed by atoms with E-state index in [0.717, 1.165) is 26.1 Å². The van der Waals surface area contributed by atoms with Gasteiger partial charge in [0.05, 0.1) is 12.0 Å².